The van der Waals surface area contributed by atoms with E-state index in [0.29, 0.717) is 12.1 Å². The number of carbonyl (C=O) groups is 1. The number of rotatable bonds is 3. The number of carboxylic acids is 1. The van der Waals surface area contributed by atoms with Crippen LogP contribution in [0.3, 0.4) is 0 Å². The quantitative estimate of drug-likeness (QED) is 0.938. The summed E-state index contributed by atoms with van der Waals surface area (Å²) in [6.45, 7) is 1.27. The molecule has 0 unspecified atom stereocenters. The van der Waals surface area contributed by atoms with E-state index in [1.54, 1.807) is 0 Å². The lowest BCUT2D eigenvalue weighted by atomic mass is 10.00. The first-order chi connectivity index (χ1) is 10.1. The van der Waals surface area contributed by atoms with Gasteiger partial charge in [-0.05, 0) is 48.2 Å². The van der Waals surface area contributed by atoms with Crippen LogP contribution in [-0.4, -0.2) is 17.6 Å². The Morgan fingerprint density at radius 3 is 2.86 bits per heavy atom. The number of hydrogen-bond acceptors (Lipinski definition) is 2. The van der Waals surface area contributed by atoms with E-state index in [2.05, 4.69) is 11.0 Å². The number of fused-ring (bicyclic) bond motifs is 1. The van der Waals surface area contributed by atoms with Crippen molar-refractivity contribution < 1.29 is 14.3 Å². The molecule has 0 radical (unpaired) electrons. The summed E-state index contributed by atoms with van der Waals surface area (Å²) < 4.78 is 13.4. The first-order valence-corrected chi connectivity index (χ1v) is 7.00. The molecule has 2 aromatic rings. The van der Waals surface area contributed by atoms with Crippen molar-refractivity contribution in [2.24, 2.45) is 0 Å². The molecule has 4 heteroatoms. The number of aryl methyl sites for hydroxylation is 1. The smallest absolute Gasteiger partial charge is 0.336 e. The van der Waals surface area contributed by atoms with Gasteiger partial charge in [0.15, 0.2) is 0 Å². The molecule has 0 fully saturated rings. The molecule has 1 aliphatic rings. The van der Waals surface area contributed by atoms with Crippen LogP contribution in [0.1, 0.15) is 27.9 Å². The Morgan fingerprint density at radius 2 is 2.05 bits per heavy atom. The highest BCUT2D eigenvalue weighted by atomic mass is 19.1. The lowest BCUT2D eigenvalue weighted by Gasteiger charge is -2.31. The SMILES string of the molecule is O=C(O)c1ccc(F)cc1CN1CCCc2ccccc21. The number of aromatic carboxylic acids is 1. The predicted octanol–water partition coefficient (Wildman–Crippen LogP) is 3.48. The minimum atomic E-state index is -1.02. The highest BCUT2D eigenvalue weighted by molar-refractivity contribution is 5.89. The van der Waals surface area contributed by atoms with Crippen molar-refractivity contribution in [3.05, 3.63) is 65.0 Å². The van der Waals surface area contributed by atoms with Crippen LogP contribution in [-0.2, 0) is 13.0 Å². The van der Waals surface area contributed by atoms with Crippen molar-refractivity contribution in [2.75, 3.05) is 11.4 Å². The molecule has 0 spiro atoms. The third-order valence-corrected chi connectivity index (χ3v) is 3.87. The van der Waals surface area contributed by atoms with Crippen molar-refractivity contribution in [1.29, 1.82) is 0 Å². The third kappa shape index (κ3) is 2.75. The predicted molar refractivity (Wildman–Crippen MR) is 79.2 cm³/mol. The van der Waals surface area contributed by atoms with E-state index in [9.17, 15) is 14.3 Å². The zero-order valence-electron chi connectivity index (χ0n) is 11.6. The van der Waals surface area contributed by atoms with Gasteiger partial charge in [-0.3, -0.25) is 0 Å². The van der Waals surface area contributed by atoms with Crippen LogP contribution < -0.4 is 4.90 Å². The van der Waals surface area contributed by atoms with Crippen molar-refractivity contribution in [2.45, 2.75) is 19.4 Å². The van der Waals surface area contributed by atoms with Crippen LogP contribution in [0.4, 0.5) is 10.1 Å². The zero-order chi connectivity index (χ0) is 14.8. The van der Waals surface area contributed by atoms with Crippen LogP contribution in [0.25, 0.3) is 0 Å². The first kappa shape index (κ1) is 13.6. The molecule has 0 aromatic heterocycles. The van der Waals surface area contributed by atoms with Gasteiger partial charge in [-0.15, -0.1) is 0 Å². The van der Waals surface area contributed by atoms with Gasteiger partial charge in [-0.25, -0.2) is 9.18 Å². The molecule has 3 rings (SSSR count). The summed E-state index contributed by atoms with van der Waals surface area (Å²) in [5.74, 6) is -1.42. The van der Waals surface area contributed by atoms with Gasteiger partial charge in [0.05, 0.1) is 5.56 Å². The van der Waals surface area contributed by atoms with Crippen LogP contribution in [0.5, 0.6) is 0 Å². The second-order valence-corrected chi connectivity index (χ2v) is 5.26. The summed E-state index contributed by atoms with van der Waals surface area (Å²) in [6.07, 6.45) is 2.05. The summed E-state index contributed by atoms with van der Waals surface area (Å²) >= 11 is 0. The van der Waals surface area contributed by atoms with Gasteiger partial charge in [-0.2, -0.15) is 0 Å². The molecule has 2 aromatic carbocycles. The number of anilines is 1. The Balaban J connectivity index is 1.95. The zero-order valence-corrected chi connectivity index (χ0v) is 11.6. The maximum atomic E-state index is 13.4. The second kappa shape index (κ2) is 5.56. The van der Waals surface area contributed by atoms with Gasteiger partial charge >= 0.3 is 5.97 Å². The van der Waals surface area contributed by atoms with Crippen molar-refractivity contribution >= 4 is 11.7 Å². The van der Waals surface area contributed by atoms with Crippen LogP contribution in [0.15, 0.2) is 42.5 Å². The number of benzene rings is 2. The molecule has 0 bridgehead atoms. The summed E-state index contributed by atoms with van der Waals surface area (Å²) in [4.78, 5) is 13.4. The summed E-state index contributed by atoms with van der Waals surface area (Å²) in [5.41, 5.74) is 3.06. The monoisotopic (exact) mass is 285 g/mol. The van der Waals surface area contributed by atoms with E-state index in [1.165, 1.54) is 23.8 Å². The fourth-order valence-electron chi connectivity index (χ4n) is 2.88. The molecule has 0 atom stereocenters. The van der Waals surface area contributed by atoms with Gasteiger partial charge in [0.1, 0.15) is 5.82 Å². The lowest BCUT2D eigenvalue weighted by Crippen LogP contribution is -2.29. The Kier molecular flexibility index (Phi) is 3.60. The standard InChI is InChI=1S/C17H16FNO2/c18-14-7-8-15(17(20)21)13(10-14)11-19-9-3-5-12-4-1-2-6-16(12)19/h1-2,4,6-8,10H,3,5,9,11H2,(H,20,21). The number of para-hydroxylation sites is 1. The Hall–Kier alpha value is -2.36. The van der Waals surface area contributed by atoms with Gasteiger partial charge in [0, 0.05) is 18.8 Å². The Morgan fingerprint density at radius 1 is 1.24 bits per heavy atom. The largest absolute Gasteiger partial charge is 0.478 e. The van der Waals surface area contributed by atoms with Crippen LogP contribution in [0, 0.1) is 5.82 Å². The minimum Gasteiger partial charge on any atom is -0.478 e. The molecule has 0 amide bonds. The van der Waals surface area contributed by atoms with E-state index < -0.39 is 11.8 Å². The van der Waals surface area contributed by atoms with E-state index in [-0.39, 0.29) is 5.56 Å². The normalized spacial score (nSPS) is 13.9. The Bertz CT molecular complexity index is 684. The van der Waals surface area contributed by atoms with E-state index in [1.807, 2.05) is 18.2 Å². The summed E-state index contributed by atoms with van der Waals surface area (Å²) in [6, 6.07) is 12.0. The minimum absolute atomic E-state index is 0.166. The van der Waals surface area contributed by atoms with E-state index in [0.717, 1.165) is 25.1 Å². The van der Waals surface area contributed by atoms with E-state index >= 15 is 0 Å². The molecule has 1 N–H and O–H groups in total. The molecule has 0 aliphatic carbocycles. The number of halogens is 1. The fourth-order valence-corrected chi connectivity index (χ4v) is 2.88. The van der Waals surface area contributed by atoms with Crippen molar-refractivity contribution in [3.8, 4) is 0 Å². The average Bonchev–Trinajstić information content (AvgIpc) is 2.47. The Labute approximate surface area is 122 Å². The van der Waals surface area contributed by atoms with Gasteiger partial charge in [0.25, 0.3) is 0 Å². The molecule has 1 heterocycles. The number of carboxylic acid groups (broad SMARTS) is 1. The van der Waals surface area contributed by atoms with Gasteiger partial charge in [-0.1, -0.05) is 18.2 Å². The maximum Gasteiger partial charge on any atom is 0.336 e. The molecule has 3 nitrogen and oxygen atoms in total. The van der Waals surface area contributed by atoms with E-state index in [4.69, 9.17) is 0 Å². The van der Waals surface area contributed by atoms with Gasteiger partial charge in [0.2, 0.25) is 0 Å². The van der Waals surface area contributed by atoms with Gasteiger partial charge < -0.3 is 10.0 Å². The van der Waals surface area contributed by atoms with Crippen LogP contribution in [0.2, 0.25) is 0 Å². The topological polar surface area (TPSA) is 40.5 Å². The molecule has 0 saturated carbocycles. The first-order valence-electron chi connectivity index (χ1n) is 7.00. The number of nitrogens with zero attached hydrogens (tertiary/aromatic N) is 1. The number of hydrogen-bond donors (Lipinski definition) is 1. The second-order valence-electron chi connectivity index (χ2n) is 5.26. The molecular weight excluding hydrogens is 269 g/mol. The molecular formula is C17H16FNO2. The average molecular weight is 285 g/mol. The maximum absolute atomic E-state index is 13.4. The molecule has 21 heavy (non-hydrogen) atoms. The highest BCUT2D eigenvalue weighted by Gasteiger charge is 2.19. The molecule has 108 valence electrons. The lowest BCUT2D eigenvalue weighted by molar-refractivity contribution is 0.0695. The summed E-state index contributed by atoms with van der Waals surface area (Å²) in [7, 11) is 0. The summed E-state index contributed by atoms with van der Waals surface area (Å²) in [5, 5.41) is 9.24. The van der Waals surface area contributed by atoms with Crippen molar-refractivity contribution in [3.63, 3.8) is 0 Å². The van der Waals surface area contributed by atoms with Crippen molar-refractivity contribution in [1.82, 2.24) is 0 Å². The highest BCUT2D eigenvalue weighted by Crippen LogP contribution is 2.28. The molecule has 1 aliphatic heterocycles. The molecule has 0 saturated heterocycles. The van der Waals surface area contributed by atoms with Crippen LogP contribution >= 0.6 is 0 Å². The fraction of sp³-hybridized carbons (Fsp3) is 0.235. The third-order valence-electron chi connectivity index (χ3n) is 3.87.